The predicted molar refractivity (Wildman–Crippen MR) is 82.8 cm³/mol. The zero-order chi connectivity index (χ0) is 14.5. The Balaban J connectivity index is 1.97. The van der Waals surface area contributed by atoms with E-state index in [0.717, 1.165) is 18.9 Å². The van der Waals surface area contributed by atoms with E-state index in [1.807, 2.05) is 0 Å². The summed E-state index contributed by atoms with van der Waals surface area (Å²) in [4.78, 5) is 10.6. The Kier molecular flexibility index (Phi) is 5.49. The number of nitro groups is 1. The molecule has 1 aromatic rings. The second-order valence-corrected chi connectivity index (χ2v) is 6.07. The Morgan fingerprint density at radius 1 is 1.20 bits per heavy atom. The zero-order valence-electron chi connectivity index (χ0n) is 11.2. The molecule has 4 nitrogen and oxygen atoms in total. The van der Waals surface area contributed by atoms with Crippen LogP contribution in [0, 0.1) is 16.0 Å². The third-order valence-electron chi connectivity index (χ3n) is 3.83. The maximum atomic E-state index is 11.0. The molecule has 0 aliphatic heterocycles. The molecule has 1 N–H and O–H groups in total. The fraction of sp³-hybridized carbons (Fsp3) is 0.571. The van der Waals surface area contributed by atoms with E-state index in [4.69, 9.17) is 23.2 Å². The van der Waals surface area contributed by atoms with E-state index >= 15 is 0 Å². The van der Waals surface area contributed by atoms with E-state index in [9.17, 15) is 10.1 Å². The van der Waals surface area contributed by atoms with Gasteiger partial charge in [-0.15, -0.1) is 0 Å². The SMILES string of the molecule is O=[N+]([O-])c1cc(Cl)c(Cl)cc1NCCC1CCCCC1. The van der Waals surface area contributed by atoms with Crippen LogP contribution in [0.25, 0.3) is 0 Å². The number of benzene rings is 1. The molecule has 0 aromatic heterocycles. The summed E-state index contributed by atoms with van der Waals surface area (Å²) in [6.45, 7) is 0.726. The summed E-state index contributed by atoms with van der Waals surface area (Å²) < 4.78 is 0. The van der Waals surface area contributed by atoms with Crippen LogP contribution in [0.1, 0.15) is 38.5 Å². The molecule has 1 saturated carbocycles. The Morgan fingerprint density at radius 3 is 2.50 bits per heavy atom. The minimum Gasteiger partial charge on any atom is -0.379 e. The average Bonchev–Trinajstić information content (AvgIpc) is 2.43. The summed E-state index contributed by atoms with van der Waals surface area (Å²) >= 11 is 11.7. The molecule has 1 aromatic carbocycles. The van der Waals surface area contributed by atoms with Crippen LogP contribution in [0.15, 0.2) is 12.1 Å². The van der Waals surface area contributed by atoms with Gasteiger partial charge in [0.05, 0.1) is 15.0 Å². The van der Waals surface area contributed by atoms with Crippen LogP contribution < -0.4 is 5.32 Å². The van der Waals surface area contributed by atoms with E-state index < -0.39 is 4.92 Å². The maximum absolute atomic E-state index is 11.0. The number of anilines is 1. The number of nitrogens with one attached hydrogen (secondary N) is 1. The first-order valence-corrected chi connectivity index (χ1v) is 7.71. The molecular formula is C14H18Cl2N2O2. The van der Waals surface area contributed by atoms with Gasteiger partial charge in [-0.3, -0.25) is 10.1 Å². The largest absolute Gasteiger partial charge is 0.379 e. The van der Waals surface area contributed by atoms with E-state index in [-0.39, 0.29) is 10.7 Å². The van der Waals surface area contributed by atoms with Crippen molar-refractivity contribution in [2.24, 2.45) is 5.92 Å². The van der Waals surface area contributed by atoms with Crippen molar-refractivity contribution in [2.45, 2.75) is 38.5 Å². The first-order valence-electron chi connectivity index (χ1n) is 6.95. The van der Waals surface area contributed by atoms with Crippen molar-refractivity contribution in [2.75, 3.05) is 11.9 Å². The molecule has 1 aliphatic rings. The highest BCUT2D eigenvalue weighted by Crippen LogP contribution is 2.34. The molecule has 0 spiro atoms. The van der Waals surface area contributed by atoms with E-state index in [1.54, 1.807) is 0 Å². The van der Waals surface area contributed by atoms with Crippen LogP contribution in [0.2, 0.25) is 10.0 Å². The smallest absolute Gasteiger partial charge is 0.293 e. The van der Waals surface area contributed by atoms with Crippen LogP contribution >= 0.6 is 23.2 Å². The van der Waals surface area contributed by atoms with Gasteiger partial charge >= 0.3 is 0 Å². The highest BCUT2D eigenvalue weighted by molar-refractivity contribution is 6.42. The van der Waals surface area contributed by atoms with Gasteiger partial charge in [-0.25, -0.2) is 0 Å². The van der Waals surface area contributed by atoms with Gasteiger partial charge in [-0.1, -0.05) is 55.3 Å². The third kappa shape index (κ3) is 4.00. The minimum atomic E-state index is -0.439. The lowest BCUT2D eigenvalue weighted by molar-refractivity contribution is -0.383. The lowest BCUT2D eigenvalue weighted by Gasteiger charge is -2.21. The summed E-state index contributed by atoms with van der Waals surface area (Å²) in [6, 6.07) is 2.83. The maximum Gasteiger partial charge on any atom is 0.293 e. The molecule has 0 amide bonds. The molecule has 0 atom stereocenters. The van der Waals surface area contributed by atoms with Crippen LogP contribution in [0.4, 0.5) is 11.4 Å². The van der Waals surface area contributed by atoms with Gasteiger partial charge in [0.1, 0.15) is 5.69 Å². The van der Waals surface area contributed by atoms with Crippen molar-refractivity contribution < 1.29 is 4.92 Å². The molecule has 110 valence electrons. The normalized spacial score (nSPS) is 16.1. The van der Waals surface area contributed by atoms with Crippen molar-refractivity contribution in [3.63, 3.8) is 0 Å². The number of nitro benzene ring substituents is 1. The molecule has 6 heteroatoms. The summed E-state index contributed by atoms with van der Waals surface area (Å²) in [5.74, 6) is 0.734. The number of halogens is 2. The van der Waals surface area contributed by atoms with Gasteiger partial charge in [0, 0.05) is 12.6 Å². The van der Waals surface area contributed by atoms with Gasteiger partial charge in [0.15, 0.2) is 0 Å². The number of hydrogen-bond donors (Lipinski definition) is 1. The first-order chi connectivity index (χ1) is 9.58. The number of hydrogen-bond acceptors (Lipinski definition) is 3. The average molecular weight is 317 g/mol. The number of nitrogens with zero attached hydrogens (tertiary/aromatic N) is 1. The second-order valence-electron chi connectivity index (χ2n) is 5.26. The molecule has 1 fully saturated rings. The van der Waals surface area contributed by atoms with E-state index in [0.29, 0.717) is 10.7 Å². The Hall–Kier alpha value is -1.00. The standard InChI is InChI=1S/C14H18Cl2N2O2/c15-11-8-13(14(18(19)20)9-12(11)16)17-7-6-10-4-2-1-3-5-10/h8-10,17H,1-7H2. The first kappa shape index (κ1) is 15.4. The summed E-state index contributed by atoms with van der Waals surface area (Å²) in [7, 11) is 0. The molecule has 0 saturated heterocycles. The molecular weight excluding hydrogens is 299 g/mol. The van der Waals surface area contributed by atoms with Crippen LogP contribution in [-0.4, -0.2) is 11.5 Å². The quantitative estimate of drug-likeness (QED) is 0.593. The van der Waals surface area contributed by atoms with Gasteiger partial charge in [-0.05, 0) is 18.4 Å². The molecule has 1 aliphatic carbocycles. The minimum absolute atomic E-state index is 0.0250. The van der Waals surface area contributed by atoms with Crippen molar-refractivity contribution >= 4 is 34.6 Å². The highest BCUT2D eigenvalue weighted by atomic mass is 35.5. The van der Waals surface area contributed by atoms with Gasteiger partial charge in [-0.2, -0.15) is 0 Å². The molecule has 20 heavy (non-hydrogen) atoms. The fourth-order valence-corrected chi connectivity index (χ4v) is 3.04. The zero-order valence-corrected chi connectivity index (χ0v) is 12.7. The Bertz CT molecular complexity index is 488. The van der Waals surface area contributed by atoms with Crippen molar-refractivity contribution in [1.29, 1.82) is 0 Å². The van der Waals surface area contributed by atoms with Crippen molar-refractivity contribution in [1.82, 2.24) is 0 Å². The molecule has 0 bridgehead atoms. The van der Waals surface area contributed by atoms with Gasteiger partial charge < -0.3 is 5.32 Å². The monoisotopic (exact) mass is 316 g/mol. The van der Waals surface area contributed by atoms with Crippen LogP contribution in [0.5, 0.6) is 0 Å². The highest BCUT2D eigenvalue weighted by Gasteiger charge is 2.18. The van der Waals surface area contributed by atoms with E-state index in [2.05, 4.69) is 5.32 Å². The lowest BCUT2D eigenvalue weighted by atomic mass is 9.87. The van der Waals surface area contributed by atoms with Crippen LogP contribution in [-0.2, 0) is 0 Å². The topological polar surface area (TPSA) is 55.2 Å². The van der Waals surface area contributed by atoms with Crippen molar-refractivity contribution in [3.8, 4) is 0 Å². The van der Waals surface area contributed by atoms with Crippen LogP contribution in [0.3, 0.4) is 0 Å². The summed E-state index contributed by atoms with van der Waals surface area (Å²) in [5, 5.41) is 14.7. The van der Waals surface area contributed by atoms with E-state index in [1.165, 1.54) is 44.2 Å². The van der Waals surface area contributed by atoms with Gasteiger partial charge in [0.25, 0.3) is 5.69 Å². The third-order valence-corrected chi connectivity index (χ3v) is 4.55. The Labute approximate surface area is 128 Å². The summed E-state index contributed by atoms with van der Waals surface area (Å²) in [5.41, 5.74) is 0.420. The fourth-order valence-electron chi connectivity index (χ4n) is 2.72. The van der Waals surface area contributed by atoms with Gasteiger partial charge in [0.2, 0.25) is 0 Å². The predicted octanol–water partition coefficient (Wildman–Crippen LogP) is 5.28. The summed E-state index contributed by atoms with van der Waals surface area (Å²) in [6.07, 6.45) is 7.52. The molecule has 2 rings (SSSR count). The van der Waals surface area contributed by atoms with Crippen molar-refractivity contribution in [3.05, 3.63) is 32.3 Å². The molecule has 0 heterocycles. The Morgan fingerprint density at radius 2 is 1.85 bits per heavy atom. The molecule has 0 unspecified atom stereocenters. The number of rotatable bonds is 5. The second kappa shape index (κ2) is 7.14. The molecule has 0 radical (unpaired) electrons. The lowest BCUT2D eigenvalue weighted by Crippen LogP contribution is -2.12.